The van der Waals surface area contributed by atoms with Gasteiger partial charge < -0.3 is 9.64 Å². The van der Waals surface area contributed by atoms with Crippen molar-refractivity contribution >= 4 is 44.2 Å². The molecule has 28 heavy (non-hydrogen) atoms. The van der Waals surface area contributed by atoms with Crippen LogP contribution in [0.3, 0.4) is 0 Å². The van der Waals surface area contributed by atoms with Gasteiger partial charge in [-0.3, -0.25) is 9.69 Å². The summed E-state index contributed by atoms with van der Waals surface area (Å²) in [4.78, 5) is 21.4. The first-order valence-electron chi connectivity index (χ1n) is 9.05. The number of aryl methyl sites for hydroxylation is 2. The van der Waals surface area contributed by atoms with E-state index in [1.54, 1.807) is 4.90 Å². The zero-order valence-corrected chi connectivity index (χ0v) is 18.1. The van der Waals surface area contributed by atoms with E-state index in [9.17, 15) is 4.79 Å². The highest BCUT2D eigenvalue weighted by Gasteiger charge is 2.21. The van der Waals surface area contributed by atoms with Crippen LogP contribution in [0.15, 0.2) is 36.4 Å². The molecule has 0 N–H and O–H groups in total. The van der Waals surface area contributed by atoms with Crippen molar-refractivity contribution in [3.8, 4) is 5.75 Å². The highest BCUT2D eigenvalue weighted by molar-refractivity contribution is 7.23. The van der Waals surface area contributed by atoms with Gasteiger partial charge in [-0.2, -0.15) is 0 Å². The Morgan fingerprint density at radius 3 is 2.46 bits per heavy atom. The molecule has 0 fully saturated rings. The number of thiazole rings is 1. The van der Waals surface area contributed by atoms with Crippen molar-refractivity contribution in [2.75, 3.05) is 38.7 Å². The van der Waals surface area contributed by atoms with Crippen LogP contribution in [0.5, 0.6) is 5.75 Å². The molecule has 0 spiro atoms. The first-order valence-corrected chi connectivity index (χ1v) is 10.2. The average Bonchev–Trinajstić information content (AvgIpc) is 3.10. The minimum absolute atomic E-state index is 0.0425. The molecule has 1 amide bonds. The number of rotatable bonds is 7. The number of ether oxygens (including phenoxy) is 1. The predicted molar refractivity (Wildman–Crippen MR) is 117 cm³/mol. The predicted octanol–water partition coefficient (Wildman–Crippen LogP) is 4.54. The highest BCUT2D eigenvalue weighted by Crippen LogP contribution is 2.35. The lowest BCUT2D eigenvalue weighted by Crippen LogP contribution is -2.39. The molecule has 5 nitrogen and oxygen atoms in total. The van der Waals surface area contributed by atoms with Crippen molar-refractivity contribution in [3.05, 3.63) is 52.5 Å². The summed E-state index contributed by atoms with van der Waals surface area (Å²) < 4.78 is 6.60. The molecule has 0 aliphatic heterocycles. The summed E-state index contributed by atoms with van der Waals surface area (Å²) >= 11 is 7.78. The second-order valence-corrected chi connectivity index (χ2v) is 8.37. The van der Waals surface area contributed by atoms with Crippen LogP contribution in [0.1, 0.15) is 11.1 Å². The Morgan fingerprint density at radius 2 is 1.82 bits per heavy atom. The van der Waals surface area contributed by atoms with Crippen molar-refractivity contribution in [2.45, 2.75) is 13.8 Å². The monoisotopic (exact) mass is 417 g/mol. The summed E-state index contributed by atoms with van der Waals surface area (Å²) in [6, 6.07) is 11.5. The molecule has 1 aromatic heterocycles. The Kier molecular flexibility index (Phi) is 6.54. The van der Waals surface area contributed by atoms with Crippen LogP contribution in [-0.2, 0) is 4.79 Å². The van der Waals surface area contributed by atoms with E-state index in [-0.39, 0.29) is 12.5 Å². The molecule has 1 heterocycles. The number of anilines is 1. The van der Waals surface area contributed by atoms with Crippen LogP contribution < -0.4 is 9.64 Å². The molecule has 0 radical (unpaired) electrons. The van der Waals surface area contributed by atoms with Gasteiger partial charge in [-0.1, -0.05) is 46.7 Å². The van der Waals surface area contributed by atoms with Crippen LogP contribution in [0, 0.1) is 13.8 Å². The molecule has 2 aromatic carbocycles. The molecule has 0 saturated heterocycles. The van der Waals surface area contributed by atoms with Gasteiger partial charge in [0, 0.05) is 13.1 Å². The second-order valence-electron chi connectivity index (χ2n) is 6.99. The number of amides is 1. The first kappa shape index (κ1) is 20.6. The molecule has 0 unspecified atom stereocenters. The lowest BCUT2D eigenvalue weighted by molar-refractivity contribution is -0.120. The minimum Gasteiger partial charge on any atom is -0.484 e. The third kappa shape index (κ3) is 4.82. The molecule has 3 rings (SSSR count). The molecule has 0 saturated carbocycles. The van der Waals surface area contributed by atoms with Crippen molar-refractivity contribution in [2.24, 2.45) is 0 Å². The van der Waals surface area contributed by atoms with E-state index in [4.69, 9.17) is 21.3 Å². The van der Waals surface area contributed by atoms with E-state index in [1.807, 2.05) is 69.2 Å². The van der Waals surface area contributed by atoms with E-state index in [1.165, 1.54) is 11.3 Å². The molecule has 3 aromatic rings. The maximum Gasteiger partial charge on any atom is 0.266 e. The molecule has 0 aliphatic rings. The number of hydrogen-bond acceptors (Lipinski definition) is 5. The normalized spacial score (nSPS) is 11.2. The standard InChI is InChI=1S/C21H24ClN3O2S/c1-14-5-8-16(9-6-14)27-13-18(26)25(12-11-24(3)4)21-23-19-15(2)7-10-17(22)20(19)28-21/h5-10H,11-13H2,1-4H3. The third-order valence-corrected chi connectivity index (χ3v) is 5.91. The number of carbonyl (C=O) groups excluding carboxylic acids is 1. The van der Waals surface area contributed by atoms with E-state index in [0.717, 1.165) is 27.9 Å². The number of fused-ring (bicyclic) bond motifs is 1. The maximum absolute atomic E-state index is 13.0. The fourth-order valence-corrected chi connectivity index (χ4v) is 4.05. The van der Waals surface area contributed by atoms with Gasteiger partial charge in [-0.25, -0.2) is 4.98 Å². The SMILES string of the molecule is Cc1ccc(OCC(=O)N(CCN(C)C)c2nc3c(C)ccc(Cl)c3s2)cc1. The van der Waals surface area contributed by atoms with Crippen molar-refractivity contribution in [3.63, 3.8) is 0 Å². The first-order chi connectivity index (χ1) is 13.3. The number of aromatic nitrogens is 1. The Hall–Kier alpha value is -2.15. The lowest BCUT2D eigenvalue weighted by Gasteiger charge is -2.22. The topological polar surface area (TPSA) is 45.7 Å². The zero-order valence-electron chi connectivity index (χ0n) is 16.5. The number of nitrogens with zero attached hydrogens (tertiary/aromatic N) is 3. The van der Waals surface area contributed by atoms with Crippen LogP contribution in [0.4, 0.5) is 5.13 Å². The van der Waals surface area contributed by atoms with Gasteiger partial charge in [0.25, 0.3) is 5.91 Å². The molecule has 148 valence electrons. The molecule has 7 heteroatoms. The van der Waals surface area contributed by atoms with Crippen molar-refractivity contribution < 1.29 is 9.53 Å². The summed E-state index contributed by atoms with van der Waals surface area (Å²) in [6.45, 7) is 5.21. The van der Waals surface area contributed by atoms with Crippen LogP contribution in [0.25, 0.3) is 10.2 Å². The van der Waals surface area contributed by atoms with Crippen LogP contribution >= 0.6 is 22.9 Å². The van der Waals surface area contributed by atoms with Gasteiger partial charge in [0.15, 0.2) is 11.7 Å². The highest BCUT2D eigenvalue weighted by atomic mass is 35.5. The van der Waals surface area contributed by atoms with Gasteiger partial charge in [0.05, 0.1) is 15.2 Å². The van der Waals surface area contributed by atoms with Crippen LogP contribution in [-0.4, -0.2) is 49.6 Å². The molecular formula is C21H24ClN3O2S. The molecule has 0 aliphatic carbocycles. The Labute approximate surface area is 174 Å². The van der Waals surface area contributed by atoms with Crippen molar-refractivity contribution in [1.29, 1.82) is 0 Å². The van der Waals surface area contributed by atoms with Gasteiger partial charge in [-0.05, 0) is 51.7 Å². The molecular weight excluding hydrogens is 394 g/mol. The van der Waals surface area contributed by atoms with E-state index in [0.29, 0.717) is 22.4 Å². The Morgan fingerprint density at radius 1 is 1.11 bits per heavy atom. The fraction of sp³-hybridized carbons (Fsp3) is 0.333. The van der Waals surface area contributed by atoms with Gasteiger partial charge in [0.2, 0.25) is 0 Å². The quantitative estimate of drug-likeness (QED) is 0.566. The second kappa shape index (κ2) is 8.90. The largest absolute Gasteiger partial charge is 0.484 e. The van der Waals surface area contributed by atoms with E-state index >= 15 is 0 Å². The van der Waals surface area contributed by atoms with E-state index < -0.39 is 0 Å². The number of hydrogen-bond donors (Lipinski definition) is 0. The Balaban J connectivity index is 1.83. The maximum atomic E-state index is 13.0. The van der Waals surface area contributed by atoms with Gasteiger partial charge in [0.1, 0.15) is 5.75 Å². The third-order valence-electron chi connectivity index (χ3n) is 4.37. The summed E-state index contributed by atoms with van der Waals surface area (Å²) in [5.74, 6) is 0.546. The lowest BCUT2D eigenvalue weighted by atomic mass is 10.2. The number of carbonyl (C=O) groups is 1. The van der Waals surface area contributed by atoms with Gasteiger partial charge in [-0.15, -0.1) is 0 Å². The Bertz CT molecular complexity index is 931. The summed E-state index contributed by atoms with van der Waals surface area (Å²) in [6.07, 6.45) is 0. The smallest absolute Gasteiger partial charge is 0.266 e. The molecule has 0 bridgehead atoms. The summed E-state index contributed by atoms with van der Waals surface area (Å²) in [5, 5.41) is 1.30. The minimum atomic E-state index is -0.129. The number of likely N-dealkylation sites (N-methyl/N-ethyl adjacent to an activating group) is 1. The molecule has 0 atom stereocenters. The summed E-state index contributed by atoms with van der Waals surface area (Å²) in [7, 11) is 3.95. The fourth-order valence-electron chi connectivity index (χ4n) is 2.69. The van der Waals surface area contributed by atoms with E-state index in [2.05, 4.69) is 0 Å². The summed E-state index contributed by atoms with van der Waals surface area (Å²) in [5.41, 5.74) is 3.03. The van der Waals surface area contributed by atoms with Gasteiger partial charge >= 0.3 is 0 Å². The zero-order chi connectivity index (χ0) is 20.3. The van der Waals surface area contributed by atoms with Crippen molar-refractivity contribution in [1.82, 2.24) is 9.88 Å². The average molecular weight is 418 g/mol. The number of benzene rings is 2. The number of halogens is 1. The van der Waals surface area contributed by atoms with Crippen LogP contribution in [0.2, 0.25) is 5.02 Å².